The summed E-state index contributed by atoms with van der Waals surface area (Å²) in [6.45, 7) is 2.60. The van der Waals surface area contributed by atoms with E-state index in [9.17, 15) is 9.59 Å². The Labute approximate surface area is 149 Å². The lowest BCUT2D eigenvalue weighted by Gasteiger charge is -2.17. The molecule has 25 heavy (non-hydrogen) atoms. The Morgan fingerprint density at radius 2 is 1.92 bits per heavy atom. The van der Waals surface area contributed by atoms with E-state index < -0.39 is 0 Å². The average Bonchev–Trinajstić information content (AvgIpc) is 3.20. The van der Waals surface area contributed by atoms with Crippen LogP contribution in [0.1, 0.15) is 18.5 Å². The average molecular weight is 359 g/mol. The Morgan fingerprint density at radius 1 is 1.16 bits per heavy atom. The molecule has 0 spiro atoms. The number of H-pyrrole nitrogens is 1. The van der Waals surface area contributed by atoms with Crippen LogP contribution in [0.4, 0.5) is 0 Å². The van der Waals surface area contributed by atoms with E-state index in [-0.39, 0.29) is 11.1 Å². The molecule has 2 aromatic heterocycles. The first-order chi connectivity index (χ1) is 12.0. The largest absolute Gasteiger partial charge is 0.313 e. The Balaban J connectivity index is 1.93. The molecule has 3 heterocycles. The summed E-state index contributed by atoms with van der Waals surface area (Å²) in [7, 11) is 1.73. The summed E-state index contributed by atoms with van der Waals surface area (Å²) in [5, 5.41) is 4.17. The second kappa shape index (κ2) is 6.20. The number of likely N-dealkylation sites (tertiary alicyclic amines) is 1. The normalized spacial score (nSPS) is 15.3. The molecule has 7 heteroatoms. The monoisotopic (exact) mass is 358 g/mol. The van der Waals surface area contributed by atoms with Crippen LogP contribution in [0.3, 0.4) is 0 Å². The van der Waals surface area contributed by atoms with E-state index in [1.54, 1.807) is 35.9 Å². The van der Waals surface area contributed by atoms with Crippen molar-refractivity contribution < 1.29 is 0 Å². The zero-order valence-electron chi connectivity index (χ0n) is 14.0. The second-order valence-electron chi connectivity index (χ2n) is 6.49. The van der Waals surface area contributed by atoms with E-state index in [0.717, 1.165) is 31.6 Å². The number of fused-ring (bicyclic) bond motifs is 1. The molecular weight excluding hydrogens is 340 g/mol. The van der Waals surface area contributed by atoms with E-state index in [2.05, 4.69) is 10.00 Å². The highest BCUT2D eigenvalue weighted by Gasteiger charge is 2.20. The minimum Gasteiger partial charge on any atom is -0.313 e. The molecule has 0 aliphatic carbocycles. The molecule has 1 saturated heterocycles. The topological polar surface area (TPSA) is 63.0 Å². The number of pyridine rings is 1. The van der Waals surface area contributed by atoms with Gasteiger partial charge in [0.15, 0.2) is 0 Å². The number of nitrogens with zero attached hydrogens (tertiary/aromatic N) is 3. The molecule has 1 N–H and O–H groups in total. The van der Waals surface area contributed by atoms with Gasteiger partial charge in [-0.1, -0.05) is 17.7 Å². The molecule has 0 atom stereocenters. The van der Waals surface area contributed by atoms with E-state index in [1.807, 2.05) is 0 Å². The van der Waals surface area contributed by atoms with E-state index >= 15 is 0 Å². The smallest absolute Gasteiger partial charge is 0.280 e. The number of aromatic nitrogens is 3. The van der Waals surface area contributed by atoms with Gasteiger partial charge in [-0.2, -0.15) is 0 Å². The first-order valence-corrected chi connectivity index (χ1v) is 8.74. The van der Waals surface area contributed by atoms with E-state index in [4.69, 9.17) is 11.6 Å². The van der Waals surface area contributed by atoms with E-state index in [0.29, 0.717) is 28.2 Å². The van der Waals surface area contributed by atoms with Gasteiger partial charge < -0.3 is 4.57 Å². The quantitative estimate of drug-likeness (QED) is 0.781. The summed E-state index contributed by atoms with van der Waals surface area (Å²) >= 11 is 6.05. The van der Waals surface area contributed by atoms with Crippen molar-refractivity contribution in [1.82, 2.24) is 19.2 Å². The summed E-state index contributed by atoms with van der Waals surface area (Å²) in [6, 6.07) is 8.55. The number of rotatable bonds is 3. The van der Waals surface area contributed by atoms with Gasteiger partial charge >= 0.3 is 0 Å². The first kappa shape index (κ1) is 16.2. The zero-order valence-corrected chi connectivity index (χ0v) is 14.7. The molecule has 0 saturated carbocycles. The molecule has 6 nitrogen and oxygen atoms in total. The van der Waals surface area contributed by atoms with Crippen LogP contribution in [-0.2, 0) is 13.6 Å². The minimum atomic E-state index is -0.165. The Morgan fingerprint density at radius 3 is 2.64 bits per heavy atom. The van der Waals surface area contributed by atoms with Gasteiger partial charge in [0.25, 0.3) is 11.1 Å². The molecule has 4 rings (SSSR count). The van der Waals surface area contributed by atoms with Crippen LogP contribution in [-0.4, -0.2) is 32.3 Å². The second-order valence-corrected chi connectivity index (χ2v) is 6.93. The maximum atomic E-state index is 13.1. The van der Waals surface area contributed by atoms with Crippen LogP contribution in [0, 0.1) is 0 Å². The molecule has 0 radical (unpaired) electrons. The Hall–Kier alpha value is -2.31. The maximum Gasteiger partial charge on any atom is 0.280 e. The van der Waals surface area contributed by atoms with Crippen molar-refractivity contribution in [2.75, 3.05) is 13.1 Å². The van der Waals surface area contributed by atoms with Crippen LogP contribution in [0.2, 0.25) is 5.02 Å². The lowest BCUT2D eigenvalue weighted by atomic mass is 10.2. The molecule has 130 valence electrons. The molecule has 1 aliphatic heterocycles. The highest BCUT2D eigenvalue weighted by atomic mass is 35.5. The van der Waals surface area contributed by atoms with Gasteiger partial charge in [-0.3, -0.25) is 19.6 Å². The van der Waals surface area contributed by atoms with Crippen LogP contribution in [0.5, 0.6) is 0 Å². The Bertz CT molecular complexity index is 1060. The molecule has 0 amide bonds. The van der Waals surface area contributed by atoms with Crippen LogP contribution >= 0.6 is 11.6 Å². The highest BCUT2D eigenvalue weighted by molar-refractivity contribution is 6.30. The third kappa shape index (κ3) is 2.81. The van der Waals surface area contributed by atoms with Crippen molar-refractivity contribution in [2.24, 2.45) is 7.05 Å². The number of aromatic amines is 1. The molecule has 1 aromatic carbocycles. The van der Waals surface area contributed by atoms with Gasteiger partial charge in [-0.15, -0.1) is 0 Å². The van der Waals surface area contributed by atoms with Crippen LogP contribution in [0.15, 0.2) is 39.9 Å². The van der Waals surface area contributed by atoms with Crippen LogP contribution < -0.4 is 11.1 Å². The summed E-state index contributed by atoms with van der Waals surface area (Å²) < 4.78 is 3.03. The highest BCUT2D eigenvalue weighted by Crippen LogP contribution is 2.19. The fourth-order valence-corrected chi connectivity index (χ4v) is 3.68. The Kier molecular flexibility index (Phi) is 4.01. The summed E-state index contributed by atoms with van der Waals surface area (Å²) in [4.78, 5) is 27.7. The van der Waals surface area contributed by atoms with Crippen molar-refractivity contribution in [2.45, 2.75) is 19.4 Å². The van der Waals surface area contributed by atoms with Gasteiger partial charge in [0.1, 0.15) is 0 Å². The molecule has 0 bridgehead atoms. The summed E-state index contributed by atoms with van der Waals surface area (Å²) in [6.07, 6.45) is 2.31. The lowest BCUT2D eigenvalue weighted by Crippen LogP contribution is -2.27. The van der Waals surface area contributed by atoms with E-state index in [1.165, 1.54) is 10.7 Å². The number of halogens is 1. The number of hydrogen-bond acceptors (Lipinski definition) is 3. The predicted octanol–water partition coefficient (Wildman–Crippen LogP) is 2.27. The summed E-state index contributed by atoms with van der Waals surface area (Å²) in [5.41, 5.74) is 1.67. The van der Waals surface area contributed by atoms with Gasteiger partial charge in [-0.05, 0) is 44.1 Å². The molecule has 0 unspecified atom stereocenters. The SMILES string of the molecule is Cn1c(CN2CCCC2)c2c(=O)n(-c3cccc(Cl)c3)[nH]c2cc1=O. The standard InChI is InChI=1S/C18H19ClN4O2/c1-21-15(11-22-7-2-3-8-22)17-14(10-16(21)24)20-23(18(17)25)13-6-4-5-12(19)9-13/h4-6,9-10,20H,2-3,7-8,11H2,1H3. The van der Waals surface area contributed by atoms with Crippen LogP contribution in [0.25, 0.3) is 16.6 Å². The number of hydrogen-bond donors (Lipinski definition) is 1. The van der Waals surface area contributed by atoms with Crippen molar-refractivity contribution in [3.63, 3.8) is 0 Å². The van der Waals surface area contributed by atoms with Gasteiger partial charge in [0, 0.05) is 30.4 Å². The van der Waals surface area contributed by atoms with Gasteiger partial charge in [0.2, 0.25) is 0 Å². The van der Waals surface area contributed by atoms with Gasteiger partial charge in [-0.25, -0.2) is 4.68 Å². The third-order valence-corrected chi connectivity index (χ3v) is 5.08. The molecular formula is C18H19ClN4O2. The molecule has 1 fully saturated rings. The minimum absolute atomic E-state index is 0.124. The number of benzene rings is 1. The fourth-order valence-electron chi connectivity index (χ4n) is 3.49. The molecule has 3 aromatic rings. The third-order valence-electron chi connectivity index (χ3n) is 4.85. The first-order valence-electron chi connectivity index (χ1n) is 8.36. The number of nitrogens with one attached hydrogen (secondary N) is 1. The molecule has 1 aliphatic rings. The van der Waals surface area contributed by atoms with Crippen molar-refractivity contribution >= 4 is 22.5 Å². The maximum absolute atomic E-state index is 13.1. The predicted molar refractivity (Wildman–Crippen MR) is 98.7 cm³/mol. The van der Waals surface area contributed by atoms with Gasteiger partial charge in [0.05, 0.1) is 16.6 Å². The fraction of sp³-hybridized carbons (Fsp3) is 0.333. The zero-order chi connectivity index (χ0) is 17.6. The lowest BCUT2D eigenvalue weighted by molar-refractivity contribution is 0.323. The van der Waals surface area contributed by atoms with Crippen molar-refractivity contribution in [3.8, 4) is 5.69 Å². The van der Waals surface area contributed by atoms with Crippen molar-refractivity contribution in [1.29, 1.82) is 0 Å². The van der Waals surface area contributed by atoms with Crippen molar-refractivity contribution in [3.05, 3.63) is 61.8 Å². The summed E-state index contributed by atoms with van der Waals surface area (Å²) in [5.74, 6) is 0.